The van der Waals surface area contributed by atoms with Gasteiger partial charge in [0.05, 0.1) is 0 Å². The second kappa shape index (κ2) is 5.94. The summed E-state index contributed by atoms with van der Waals surface area (Å²) in [7, 11) is 0. The molecule has 2 aromatic rings. The number of allylic oxidation sites excluding steroid dienone is 2. The van der Waals surface area contributed by atoms with Gasteiger partial charge in [-0.2, -0.15) is 0 Å². The molecular formula is C19H16Br2. The lowest BCUT2D eigenvalue weighted by molar-refractivity contribution is 1.08. The normalized spacial score (nSPS) is 11.9. The molecule has 0 unspecified atom stereocenters. The van der Waals surface area contributed by atoms with Crippen LogP contribution in [0.15, 0.2) is 58.5 Å². The Morgan fingerprint density at radius 1 is 0.952 bits per heavy atom. The minimum atomic E-state index is 0.867. The van der Waals surface area contributed by atoms with Crippen LogP contribution in [0.25, 0.3) is 11.1 Å². The number of hydrogen-bond donors (Lipinski definition) is 0. The van der Waals surface area contributed by atoms with Gasteiger partial charge < -0.3 is 0 Å². The summed E-state index contributed by atoms with van der Waals surface area (Å²) in [4.78, 5) is 0. The van der Waals surface area contributed by atoms with E-state index in [0.29, 0.717) is 0 Å². The van der Waals surface area contributed by atoms with Crippen LogP contribution in [-0.4, -0.2) is 0 Å². The van der Waals surface area contributed by atoms with Crippen molar-refractivity contribution in [3.63, 3.8) is 0 Å². The first-order valence-electron chi connectivity index (χ1n) is 7.00. The monoisotopic (exact) mass is 402 g/mol. The fourth-order valence-corrected chi connectivity index (χ4v) is 4.46. The first-order chi connectivity index (χ1) is 10.2. The maximum atomic E-state index is 3.93. The highest BCUT2D eigenvalue weighted by molar-refractivity contribution is 9.13. The van der Waals surface area contributed by atoms with Crippen LogP contribution in [0.4, 0.5) is 0 Å². The van der Waals surface area contributed by atoms with E-state index >= 15 is 0 Å². The van der Waals surface area contributed by atoms with Crippen LogP contribution in [0.5, 0.6) is 0 Å². The number of hydrogen-bond acceptors (Lipinski definition) is 0. The third kappa shape index (κ3) is 2.35. The summed E-state index contributed by atoms with van der Waals surface area (Å²) in [6.45, 7) is 7.83. The van der Waals surface area contributed by atoms with Crippen LogP contribution in [-0.2, 0) is 19.3 Å². The van der Waals surface area contributed by atoms with Gasteiger partial charge in [-0.15, -0.1) is 13.2 Å². The molecule has 0 N–H and O–H groups in total. The topological polar surface area (TPSA) is 0 Å². The third-order valence-corrected chi connectivity index (χ3v) is 6.26. The highest BCUT2D eigenvalue weighted by Gasteiger charge is 2.27. The molecule has 0 fully saturated rings. The molecule has 21 heavy (non-hydrogen) atoms. The fraction of sp³-hybridized carbons (Fsp3) is 0.158. The Kier molecular flexibility index (Phi) is 4.19. The summed E-state index contributed by atoms with van der Waals surface area (Å²) in [6.07, 6.45) is 6.72. The Hall–Kier alpha value is -1.12. The van der Waals surface area contributed by atoms with E-state index in [9.17, 15) is 0 Å². The smallest absolute Gasteiger partial charge is 0.0401 e. The molecule has 0 spiro atoms. The van der Waals surface area contributed by atoms with Gasteiger partial charge in [0.2, 0.25) is 0 Å². The summed E-state index contributed by atoms with van der Waals surface area (Å²) in [5.41, 5.74) is 8.23. The zero-order valence-corrected chi connectivity index (χ0v) is 14.9. The second-order valence-electron chi connectivity index (χ2n) is 5.26. The molecule has 0 aromatic heterocycles. The minimum absolute atomic E-state index is 0.867. The largest absolute Gasteiger partial charge is 0.103 e. The van der Waals surface area contributed by atoms with Crippen molar-refractivity contribution in [3.05, 3.63) is 80.8 Å². The Balaban J connectivity index is 2.34. The highest BCUT2D eigenvalue weighted by Crippen LogP contribution is 2.48. The van der Waals surface area contributed by atoms with E-state index in [1.807, 2.05) is 12.2 Å². The summed E-state index contributed by atoms with van der Waals surface area (Å²) < 4.78 is 2.31. The maximum Gasteiger partial charge on any atom is 0.0401 e. The summed E-state index contributed by atoms with van der Waals surface area (Å²) in [6, 6.07) is 8.66. The molecule has 0 saturated heterocycles. The van der Waals surface area contributed by atoms with E-state index in [0.717, 1.165) is 28.2 Å². The van der Waals surface area contributed by atoms with E-state index in [2.05, 4.69) is 69.3 Å². The first-order valence-corrected chi connectivity index (χ1v) is 8.59. The quantitative estimate of drug-likeness (QED) is 0.452. The van der Waals surface area contributed by atoms with E-state index in [4.69, 9.17) is 0 Å². The predicted molar refractivity (Wildman–Crippen MR) is 97.9 cm³/mol. The summed E-state index contributed by atoms with van der Waals surface area (Å²) >= 11 is 7.58. The van der Waals surface area contributed by atoms with Gasteiger partial charge in [-0.25, -0.2) is 0 Å². The van der Waals surface area contributed by atoms with Gasteiger partial charge in [0.15, 0.2) is 0 Å². The first kappa shape index (κ1) is 14.8. The van der Waals surface area contributed by atoms with E-state index in [1.165, 1.54) is 33.4 Å². The third-order valence-electron chi connectivity index (χ3n) is 4.06. The molecule has 1 aliphatic carbocycles. The fourth-order valence-electron chi connectivity index (χ4n) is 3.17. The van der Waals surface area contributed by atoms with Crippen LogP contribution in [0.2, 0.25) is 0 Å². The molecule has 0 radical (unpaired) electrons. The van der Waals surface area contributed by atoms with Crippen molar-refractivity contribution in [2.24, 2.45) is 0 Å². The molecule has 3 rings (SSSR count). The zero-order chi connectivity index (χ0) is 15.0. The molecular weight excluding hydrogens is 388 g/mol. The molecule has 0 nitrogen and oxygen atoms in total. The van der Waals surface area contributed by atoms with Crippen molar-refractivity contribution in [1.29, 1.82) is 0 Å². The standard InChI is InChI=1S/C19H16Br2/c1-3-7-14-15(8-4-2)18(20)19(21)17-13-10-6-5-9-12(13)11-16(14)17/h3-6,9-10H,1-2,7-8,11H2. The summed E-state index contributed by atoms with van der Waals surface area (Å²) in [5, 5.41) is 0. The van der Waals surface area contributed by atoms with Gasteiger partial charge in [-0.1, -0.05) is 36.4 Å². The van der Waals surface area contributed by atoms with Gasteiger partial charge in [-0.05, 0) is 78.9 Å². The van der Waals surface area contributed by atoms with Crippen molar-refractivity contribution in [2.45, 2.75) is 19.3 Å². The number of fused-ring (bicyclic) bond motifs is 3. The van der Waals surface area contributed by atoms with E-state index in [1.54, 1.807) is 0 Å². The van der Waals surface area contributed by atoms with E-state index in [-0.39, 0.29) is 0 Å². The molecule has 0 heterocycles. The Bertz CT molecular complexity index is 742. The highest BCUT2D eigenvalue weighted by atomic mass is 79.9. The molecule has 0 atom stereocenters. The van der Waals surface area contributed by atoms with Crippen LogP contribution >= 0.6 is 31.9 Å². The number of benzene rings is 2. The maximum absolute atomic E-state index is 3.93. The van der Waals surface area contributed by atoms with Crippen LogP contribution in [0, 0.1) is 0 Å². The lowest BCUT2D eigenvalue weighted by Gasteiger charge is -2.17. The lowest BCUT2D eigenvalue weighted by atomic mass is 9.92. The molecule has 106 valence electrons. The van der Waals surface area contributed by atoms with Crippen molar-refractivity contribution in [1.82, 2.24) is 0 Å². The van der Waals surface area contributed by atoms with Gasteiger partial charge in [-0.3, -0.25) is 0 Å². The second-order valence-corrected chi connectivity index (χ2v) is 6.84. The average molecular weight is 404 g/mol. The molecule has 2 aromatic carbocycles. The van der Waals surface area contributed by atoms with Gasteiger partial charge in [0, 0.05) is 14.5 Å². The van der Waals surface area contributed by atoms with Crippen LogP contribution < -0.4 is 0 Å². The average Bonchev–Trinajstić information content (AvgIpc) is 2.87. The molecule has 1 aliphatic rings. The SMILES string of the molecule is C=CCc1c(Br)c(Br)c2c(c1CC=C)Cc1ccccc1-2. The Morgan fingerprint density at radius 2 is 1.62 bits per heavy atom. The molecule has 0 saturated carbocycles. The molecule has 0 aliphatic heterocycles. The van der Waals surface area contributed by atoms with Gasteiger partial charge in [0.1, 0.15) is 0 Å². The van der Waals surface area contributed by atoms with Crippen molar-refractivity contribution < 1.29 is 0 Å². The molecule has 2 heteroatoms. The van der Waals surface area contributed by atoms with E-state index < -0.39 is 0 Å². The van der Waals surface area contributed by atoms with Gasteiger partial charge >= 0.3 is 0 Å². The summed E-state index contributed by atoms with van der Waals surface area (Å²) in [5.74, 6) is 0. The minimum Gasteiger partial charge on any atom is -0.103 e. The number of halogens is 2. The van der Waals surface area contributed by atoms with Crippen LogP contribution in [0.1, 0.15) is 22.3 Å². The predicted octanol–water partition coefficient (Wildman–Crippen LogP) is 6.24. The number of rotatable bonds is 4. The van der Waals surface area contributed by atoms with Crippen LogP contribution in [0.3, 0.4) is 0 Å². The van der Waals surface area contributed by atoms with Crippen molar-refractivity contribution in [2.75, 3.05) is 0 Å². The zero-order valence-electron chi connectivity index (χ0n) is 11.8. The van der Waals surface area contributed by atoms with Gasteiger partial charge in [0.25, 0.3) is 0 Å². The Morgan fingerprint density at radius 3 is 2.33 bits per heavy atom. The molecule has 0 bridgehead atoms. The lowest BCUT2D eigenvalue weighted by Crippen LogP contribution is -2.01. The van der Waals surface area contributed by atoms with Crippen molar-refractivity contribution in [3.8, 4) is 11.1 Å². The molecule has 0 amide bonds. The Labute approximate surface area is 142 Å². The van der Waals surface area contributed by atoms with Crippen molar-refractivity contribution >= 4 is 31.9 Å².